The molecule has 0 amide bonds. The molecule has 19 heteroatoms. The summed E-state index contributed by atoms with van der Waals surface area (Å²) in [6.45, 7) is 8.85. The van der Waals surface area contributed by atoms with Crippen molar-refractivity contribution in [2.45, 2.75) is 83.4 Å². The molecule has 1 fully saturated rings. The summed E-state index contributed by atoms with van der Waals surface area (Å²) in [6.07, 6.45) is -2.73. The van der Waals surface area contributed by atoms with Crippen molar-refractivity contribution in [3.63, 3.8) is 0 Å². The first-order valence-corrected chi connectivity index (χ1v) is 18.2. The lowest BCUT2D eigenvalue weighted by molar-refractivity contribution is -0.149. The zero-order chi connectivity index (χ0) is 33.0. The van der Waals surface area contributed by atoms with Crippen molar-refractivity contribution >= 4 is 81.6 Å². The van der Waals surface area contributed by atoms with Crippen molar-refractivity contribution in [2.75, 3.05) is 31.3 Å². The van der Waals surface area contributed by atoms with Crippen LogP contribution < -0.4 is 15.6 Å². The maximum atomic E-state index is 12.5. The van der Waals surface area contributed by atoms with Gasteiger partial charge in [0, 0.05) is 11.2 Å². The van der Waals surface area contributed by atoms with E-state index in [-0.39, 0.29) is 41.9 Å². The van der Waals surface area contributed by atoms with Gasteiger partial charge in [-0.2, -0.15) is 9.97 Å². The number of halogens is 2. The molecule has 0 aromatic carbocycles. The Hall–Kier alpha value is -1.33. The summed E-state index contributed by atoms with van der Waals surface area (Å²) in [5.41, 5.74) is 5.86. The zero-order valence-electron chi connectivity index (χ0n) is 25.5. The Morgan fingerprint density at radius 3 is 2.59 bits per heavy atom. The van der Waals surface area contributed by atoms with Crippen LogP contribution >= 0.6 is 41.6 Å². The van der Waals surface area contributed by atoms with Crippen molar-refractivity contribution in [3.05, 3.63) is 6.33 Å². The van der Waals surface area contributed by atoms with Gasteiger partial charge in [0.2, 0.25) is 11.8 Å². The molecule has 3 rings (SSSR count). The molecule has 1 unspecified atom stereocenters. The molecule has 1 aliphatic rings. The van der Waals surface area contributed by atoms with E-state index in [0.717, 1.165) is 11.8 Å². The minimum absolute atomic E-state index is 0.0151. The van der Waals surface area contributed by atoms with Gasteiger partial charge in [0.25, 0.3) is 6.64 Å². The molecular weight excluding hydrogens is 678 g/mol. The lowest BCUT2D eigenvalue weighted by Crippen LogP contribution is -2.39. The van der Waals surface area contributed by atoms with Crippen LogP contribution in [0, 0.1) is 5.41 Å². The number of nitrogens with one attached hydrogen (secondary N) is 1. The number of esters is 1. The minimum atomic E-state index is -3.43. The van der Waals surface area contributed by atoms with E-state index < -0.39 is 46.8 Å². The molecule has 2 aromatic rings. The van der Waals surface area contributed by atoms with Gasteiger partial charge in [-0.25, -0.2) is 10.1 Å². The Morgan fingerprint density at radius 2 is 1.98 bits per heavy atom. The zero-order valence-corrected chi connectivity index (χ0v) is 29.5. The monoisotopic (exact) mass is 716 g/mol. The third kappa shape index (κ3) is 9.14. The molecule has 44 heavy (non-hydrogen) atoms. The van der Waals surface area contributed by atoms with E-state index in [4.69, 9.17) is 64.0 Å². The summed E-state index contributed by atoms with van der Waals surface area (Å²) in [5, 5.41) is 14.0. The van der Waals surface area contributed by atoms with E-state index in [1.807, 2.05) is 20.8 Å². The van der Waals surface area contributed by atoms with E-state index in [1.165, 1.54) is 10.9 Å². The molecule has 0 aliphatic carbocycles. The Morgan fingerprint density at radius 1 is 1.30 bits per heavy atom. The lowest BCUT2D eigenvalue weighted by Gasteiger charge is -2.28. The first-order valence-electron chi connectivity index (χ1n) is 13.8. The number of aliphatic hydroxyl groups is 1. The number of rotatable bonds is 14. The second-order valence-corrected chi connectivity index (χ2v) is 16.9. The van der Waals surface area contributed by atoms with Gasteiger partial charge in [-0.3, -0.25) is 14.2 Å². The quantitative estimate of drug-likeness (QED) is 0.111. The number of fused-ring (bicyclic) bond motifs is 1. The van der Waals surface area contributed by atoms with Crippen LogP contribution in [0.15, 0.2) is 6.33 Å². The van der Waals surface area contributed by atoms with Gasteiger partial charge in [0.1, 0.15) is 18.2 Å². The Labute approximate surface area is 275 Å². The molecule has 0 spiro atoms. The number of ether oxygens (including phenoxy) is 3. The molecule has 2 aromatic heterocycles. The predicted molar refractivity (Wildman–Crippen MR) is 172 cm³/mol. The number of imidazole rings is 1. The topological polar surface area (TPSA) is 182 Å². The number of nitrogen functional groups attached to an aromatic ring is 1. The maximum absolute atomic E-state index is 12.5. The van der Waals surface area contributed by atoms with Crippen molar-refractivity contribution in [3.8, 4) is 5.88 Å². The summed E-state index contributed by atoms with van der Waals surface area (Å²) < 4.78 is 28.3. The number of thioether (sulfide) groups is 1. The Bertz CT molecular complexity index is 1380. The summed E-state index contributed by atoms with van der Waals surface area (Å²) >= 11 is 20.1. The van der Waals surface area contributed by atoms with Gasteiger partial charge in [0.05, 0.1) is 32.3 Å². The first kappa shape index (κ1) is 37.1. The highest BCUT2D eigenvalue weighted by molar-refractivity contribution is 8.13. The normalized spacial score (nSPS) is 22.2. The molecule has 248 valence electrons. The maximum Gasteiger partial charge on any atom is 0.323 e. The van der Waals surface area contributed by atoms with Crippen molar-refractivity contribution < 1.29 is 38.0 Å². The van der Waals surface area contributed by atoms with Gasteiger partial charge in [-0.05, 0) is 39.5 Å². The molecule has 0 radical (unpaired) electrons. The molecular formula is C25H39Cl2N6O8PS2. The summed E-state index contributed by atoms with van der Waals surface area (Å²) in [6, 6.07) is -0.892. The van der Waals surface area contributed by atoms with E-state index in [2.05, 4.69) is 20.0 Å². The minimum Gasteiger partial charge on any atom is -0.476 e. The van der Waals surface area contributed by atoms with Crippen LogP contribution in [0.5, 0.6) is 5.88 Å². The second kappa shape index (κ2) is 15.1. The second-order valence-electron chi connectivity index (χ2n) is 11.1. The van der Waals surface area contributed by atoms with Gasteiger partial charge in [-0.1, -0.05) is 55.7 Å². The summed E-state index contributed by atoms with van der Waals surface area (Å²) in [5.74, 6) is -0.175. The van der Waals surface area contributed by atoms with Gasteiger partial charge in [-0.15, -0.1) is 0 Å². The van der Waals surface area contributed by atoms with E-state index >= 15 is 0 Å². The number of nitrogens with two attached hydrogens (primary N) is 1. The largest absolute Gasteiger partial charge is 0.476 e. The van der Waals surface area contributed by atoms with Crippen LogP contribution in [0.4, 0.5) is 5.95 Å². The average Bonchev–Trinajstić information content (AvgIpc) is 3.42. The highest BCUT2D eigenvalue weighted by Gasteiger charge is 2.56. The number of hydrogen-bond acceptors (Lipinski definition) is 14. The SMILES string of the molecule is CCOc1nc(N)nc2c1ncn2[C@@H]1O[C@H](COP(=S)(N[C@H](C)C(=O)OC(C)C)OCCSC(=O)C(C)(C)C)[C@@H](O)C1(Cl)Cl. The molecule has 14 nitrogen and oxygen atoms in total. The molecule has 0 saturated carbocycles. The van der Waals surface area contributed by atoms with Gasteiger partial charge in [0.15, 0.2) is 26.8 Å². The highest BCUT2D eigenvalue weighted by atomic mass is 35.5. The molecule has 4 N–H and O–H groups in total. The van der Waals surface area contributed by atoms with E-state index in [1.54, 1.807) is 27.7 Å². The van der Waals surface area contributed by atoms with Crippen molar-refractivity contribution in [1.82, 2.24) is 24.6 Å². The van der Waals surface area contributed by atoms with Crippen LogP contribution in [0.1, 0.15) is 54.7 Å². The van der Waals surface area contributed by atoms with Crippen LogP contribution in [0.3, 0.4) is 0 Å². The van der Waals surface area contributed by atoms with Crippen LogP contribution in [0.25, 0.3) is 11.2 Å². The average molecular weight is 718 g/mol. The standard InChI is InChI=1S/C25H39Cl2N6O8PS2/c1-8-37-19-16-18(30-23(28)31-19)33(12-29-16)21-25(26,27)17(34)15(41-21)11-39-42(43,32-14(4)20(35)40-13(2)3)38-9-10-44-22(36)24(5,6)7/h12-15,17,21,34H,8-11H2,1-7H3,(H,32,43)(H2,28,30,31)/t14-,15-,17-,21-,42?/m1/s1. The fraction of sp³-hybridized carbons (Fsp3) is 0.720. The predicted octanol–water partition coefficient (Wildman–Crippen LogP) is 3.73. The van der Waals surface area contributed by atoms with E-state index in [0.29, 0.717) is 17.9 Å². The van der Waals surface area contributed by atoms with Crippen LogP contribution in [-0.4, -0.2) is 90.0 Å². The van der Waals surface area contributed by atoms with Crippen molar-refractivity contribution in [2.24, 2.45) is 5.41 Å². The number of carbonyl (C=O) groups is 2. The van der Waals surface area contributed by atoms with Crippen molar-refractivity contribution in [1.29, 1.82) is 0 Å². The highest BCUT2D eigenvalue weighted by Crippen LogP contribution is 2.50. The number of aliphatic hydroxyl groups excluding tert-OH is 1. The fourth-order valence-corrected chi connectivity index (χ4v) is 7.70. The van der Waals surface area contributed by atoms with Gasteiger partial charge >= 0.3 is 5.97 Å². The Kier molecular flexibility index (Phi) is 12.7. The lowest BCUT2D eigenvalue weighted by atomic mass is 10.00. The van der Waals surface area contributed by atoms with E-state index in [9.17, 15) is 14.7 Å². The van der Waals surface area contributed by atoms with Gasteiger partial charge < -0.3 is 34.1 Å². The summed E-state index contributed by atoms with van der Waals surface area (Å²) in [7, 11) is 0. The molecule has 1 saturated heterocycles. The third-order valence-corrected chi connectivity index (χ3v) is 10.7. The smallest absolute Gasteiger partial charge is 0.323 e. The number of carbonyl (C=O) groups excluding carboxylic acids is 2. The number of alkyl halides is 2. The molecule has 3 heterocycles. The van der Waals surface area contributed by atoms with Crippen LogP contribution in [-0.2, 0) is 39.9 Å². The number of hydrogen-bond donors (Lipinski definition) is 3. The molecule has 5 atom stereocenters. The number of aromatic nitrogens is 4. The Balaban J connectivity index is 1.78. The number of nitrogens with zero attached hydrogens (tertiary/aromatic N) is 4. The third-order valence-electron chi connectivity index (χ3n) is 5.98. The summed E-state index contributed by atoms with van der Waals surface area (Å²) in [4.78, 5) is 37.4. The number of anilines is 1. The molecule has 0 bridgehead atoms. The van der Waals surface area contributed by atoms with Crippen LogP contribution in [0.2, 0.25) is 0 Å². The first-order chi connectivity index (χ1) is 20.4. The molecule has 1 aliphatic heterocycles. The fourth-order valence-electron chi connectivity index (χ4n) is 3.84.